The number of nitrogens with zero attached hydrogens (tertiary/aromatic N) is 2. The van der Waals surface area contributed by atoms with Crippen molar-refractivity contribution < 1.29 is 0 Å². The van der Waals surface area contributed by atoms with E-state index in [1.807, 2.05) is 13.1 Å². The Bertz CT molecular complexity index is 315. The molecule has 0 unspecified atom stereocenters. The molecule has 0 atom stereocenters. The van der Waals surface area contributed by atoms with E-state index in [1.54, 1.807) is 6.20 Å². The minimum atomic E-state index is 0.454. The number of halogens is 1. The predicted molar refractivity (Wildman–Crippen MR) is 65.3 cm³/mol. The van der Waals surface area contributed by atoms with Gasteiger partial charge in [0.15, 0.2) is 0 Å². The quantitative estimate of drug-likeness (QED) is 0.840. The van der Waals surface area contributed by atoms with Gasteiger partial charge in [-0.3, -0.25) is 0 Å². The molecule has 0 aliphatic carbocycles. The van der Waals surface area contributed by atoms with Gasteiger partial charge in [-0.2, -0.15) is 0 Å². The first-order valence-corrected chi connectivity index (χ1v) is 5.63. The van der Waals surface area contributed by atoms with Crippen LogP contribution in [0.4, 0.5) is 5.82 Å². The van der Waals surface area contributed by atoms with Crippen molar-refractivity contribution in [2.24, 2.45) is 5.73 Å². The van der Waals surface area contributed by atoms with Crippen molar-refractivity contribution in [2.75, 3.05) is 18.5 Å². The number of unbranched alkanes of at least 4 members (excludes halogenated alkanes) is 1. The van der Waals surface area contributed by atoms with Crippen molar-refractivity contribution in [3.63, 3.8) is 0 Å². The highest BCUT2D eigenvalue weighted by molar-refractivity contribution is 6.33. The van der Waals surface area contributed by atoms with Crippen LogP contribution in [-0.2, 0) is 6.54 Å². The van der Waals surface area contributed by atoms with E-state index >= 15 is 0 Å². The maximum Gasteiger partial charge on any atom is 0.147 e. The summed E-state index contributed by atoms with van der Waals surface area (Å²) in [5, 5.41) is 0.679. The van der Waals surface area contributed by atoms with Crippen LogP contribution in [0, 0.1) is 0 Å². The Kier molecular flexibility index (Phi) is 4.85. The van der Waals surface area contributed by atoms with Crippen molar-refractivity contribution >= 4 is 17.4 Å². The van der Waals surface area contributed by atoms with Crippen LogP contribution in [0.2, 0.25) is 5.02 Å². The largest absolute Gasteiger partial charge is 0.358 e. The second-order valence-corrected chi connectivity index (χ2v) is 3.96. The Labute approximate surface area is 96.2 Å². The molecule has 0 aliphatic rings. The van der Waals surface area contributed by atoms with Crippen LogP contribution in [0.5, 0.6) is 0 Å². The Morgan fingerprint density at radius 3 is 2.87 bits per heavy atom. The highest BCUT2D eigenvalue weighted by Gasteiger charge is 2.09. The summed E-state index contributed by atoms with van der Waals surface area (Å²) in [6.45, 7) is 3.59. The van der Waals surface area contributed by atoms with Crippen LogP contribution in [-0.4, -0.2) is 18.6 Å². The smallest absolute Gasteiger partial charge is 0.147 e. The van der Waals surface area contributed by atoms with Gasteiger partial charge in [0, 0.05) is 26.3 Å². The van der Waals surface area contributed by atoms with Gasteiger partial charge in [0.25, 0.3) is 0 Å². The molecule has 84 valence electrons. The normalized spacial score (nSPS) is 10.4. The summed E-state index contributed by atoms with van der Waals surface area (Å²) in [5.74, 6) is 0.827. The highest BCUT2D eigenvalue weighted by Crippen LogP contribution is 2.25. The fourth-order valence-electron chi connectivity index (χ4n) is 1.40. The van der Waals surface area contributed by atoms with E-state index in [2.05, 4.69) is 16.8 Å². The third-order valence-corrected chi connectivity index (χ3v) is 2.79. The monoisotopic (exact) mass is 227 g/mol. The molecule has 1 aromatic heterocycles. The van der Waals surface area contributed by atoms with Crippen molar-refractivity contribution in [3.8, 4) is 0 Å². The molecule has 1 heterocycles. The molecule has 0 radical (unpaired) electrons. The van der Waals surface area contributed by atoms with E-state index in [1.165, 1.54) is 6.42 Å². The number of aromatic nitrogens is 1. The summed E-state index contributed by atoms with van der Waals surface area (Å²) in [6, 6.07) is 1.86. The summed E-state index contributed by atoms with van der Waals surface area (Å²) < 4.78 is 0. The number of rotatable bonds is 5. The van der Waals surface area contributed by atoms with Crippen LogP contribution >= 0.6 is 11.6 Å². The van der Waals surface area contributed by atoms with Gasteiger partial charge >= 0.3 is 0 Å². The van der Waals surface area contributed by atoms with Crippen LogP contribution in [0.25, 0.3) is 0 Å². The molecule has 0 bridgehead atoms. The number of hydrogen-bond donors (Lipinski definition) is 1. The van der Waals surface area contributed by atoms with Gasteiger partial charge in [-0.05, 0) is 18.1 Å². The summed E-state index contributed by atoms with van der Waals surface area (Å²) >= 11 is 6.20. The predicted octanol–water partition coefficient (Wildman–Crippen LogP) is 2.43. The second-order valence-electron chi connectivity index (χ2n) is 3.59. The zero-order chi connectivity index (χ0) is 11.3. The van der Waals surface area contributed by atoms with Crippen molar-refractivity contribution in [1.82, 2.24) is 4.98 Å². The number of hydrogen-bond acceptors (Lipinski definition) is 3. The van der Waals surface area contributed by atoms with Gasteiger partial charge in [0.05, 0.1) is 5.02 Å². The molecule has 0 spiro atoms. The summed E-state index contributed by atoms with van der Waals surface area (Å²) in [4.78, 5) is 6.35. The van der Waals surface area contributed by atoms with E-state index in [-0.39, 0.29) is 0 Å². The molecule has 2 N–H and O–H groups in total. The van der Waals surface area contributed by atoms with E-state index in [0.29, 0.717) is 11.6 Å². The summed E-state index contributed by atoms with van der Waals surface area (Å²) in [7, 11) is 2.00. The van der Waals surface area contributed by atoms with Crippen molar-refractivity contribution in [2.45, 2.75) is 26.3 Å². The first-order valence-electron chi connectivity index (χ1n) is 5.25. The Hall–Kier alpha value is -0.800. The maximum absolute atomic E-state index is 6.20. The van der Waals surface area contributed by atoms with Gasteiger partial charge in [-0.25, -0.2) is 4.98 Å². The van der Waals surface area contributed by atoms with E-state index in [9.17, 15) is 0 Å². The van der Waals surface area contributed by atoms with Gasteiger partial charge in [0.1, 0.15) is 5.82 Å². The molecular formula is C11H18ClN3. The fourth-order valence-corrected chi connectivity index (χ4v) is 1.73. The lowest BCUT2D eigenvalue weighted by molar-refractivity contribution is 0.759. The lowest BCUT2D eigenvalue weighted by Crippen LogP contribution is -2.20. The van der Waals surface area contributed by atoms with Crippen LogP contribution in [0.15, 0.2) is 12.3 Å². The van der Waals surface area contributed by atoms with Gasteiger partial charge in [-0.1, -0.05) is 24.9 Å². The molecule has 0 aliphatic heterocycles. The third kappa shape index (κ3) is 3.08. The van der Waals surface area contributed by atoms with Crippen LogP contribution < -0.4 is 10.6 Å². The Morgan fingerprint density at radius 2 is 2.27 bits per heavy atom. The molecule has 0 aromatic carbocycles. The average molecular weight is 228 g/mol. The molecule has 1 rings (SSSR count). The first-order chi connectivity index (χ1) is 7.20. The molecule has 1 aromatic rings. The molecule has 4 heteroatoms. The van der Waals surface area contributed by atoms with Crippen LogP contribution in [0.1, 0.15) is 25.3 Å². The molecule has 0 fully saturated rings. The standard InChI is InChI=1S/C11H18ClN3/c1-3-4-7-15(2)11-10(12)9(8-13)5-6-14-11/h5-6H,3-4,7-8,13H2,1-2H3. The van der Waals surface area contributed by atoms with Crippen molar-refractivity contribution in [1.29, 1.82) is 0 Å². The molecular weight excluding hydrogens is 210 g/mol. The molecule has 15 heavy (non-hydrogen) atoms. The van der Waals surface area contributed by atoms with E-state index in [4.69, 9.17) is 17.3 Å². The fraction of sp³-hybridized carbons (Fsp3) is 0.545. The summed E-state index contributed by atoms with van der Waals surface area (Å²) in [5.41, 5.74) is 6.54. The van der Waals surface area contributed by atoms with E-state index in [0.717, 1.165) is 24.3 Å². The molecule has 0 amide bonds. The third-order valence-electron chi connectivity index (χ3n) is 2.38. The topological polar surface area (TPSA) is 42.2 Å². The first kappa shape index (κ1) is 12.3. The van der Waals surface area contributed by atoms with Crippen molar-refractivity contribution in [3.05, 3.63) is 22.8 Å². The van der Waals surface area contributed by atoms with Gasteiger partial charge < -0.3 is 10.6 Å². The molecule has 0 saturated heterocycles. The van der Waals surface area contributed by atoms with E-state index < -0.39 is 0 Å². The van der Waals surface area contributed by atoms with Gasteiger partial charge in [-0.15, -0.1) is 0 Å². The average Bonchev–Trinajstić information content (AvgIpc) is 2.26. The zero-order valence-electron chi connectivity index (χ0n) is 9.33. The maximum atomic E-state index is 6.20. The highest BCUT2D eigenvalue weighted by atomic mass is 35.5. The minimum absolute atomic E-state index is 0.454. The molecule has 0 saturated carbocycles. The molecule has 3 nitrogen and oxygen atoms in total. The number of anilines is 1. The second kappa shape index (κ2) is 5.93. The lowest BCUT2D eigenvalue weighted by atomic mass is 10.2. The zero-order valence-corrected chi connectivity index (χ0v) is 10.1. The van der Waals surface area contributed by atoms with Gasteiger partial charge in [0.2, 0.25) is 0 Å². The Morgan fingerprint density at radius 1 is 1.53 bits per heavy atom. The lowest BCUT2D eigenvalue weighted by Gasteiger charge is -2.19. The SMILES string of the molecule is CCCCN(C)c1nccc(CN)c1Cl. The minimum Gasteiger partial charge on any atom is -0.358 e. The summed E-state index contributed by atoms with van der Waals surface area (Å²) in [6.07, 6.45) is 4.06. The Balaban J connectivity index is 2.83. The van der Waals surface area contributed by atoms with Crippen LogP contribution in [0.3, 0.4) is 0 Å². The number of nitrogens with two attached hydrogens (primary N) is 1. The number of pyridine rings is 1.